The molecule has 0 bridgehead atoms. The van der Waals surface area contributed by atoms with Crippen LogP contribution in [0.2, 0.25) is 0 Å². The number of nitrogens with one attached hydrogen (secondary N) is 1. The number of halogens is 3. The fourth-order valence-electron chi connectivity index (χ4n) is 2.84. The van der Waals surface area contributed by atoms with E-state index >= 15 is 0 Å². The Labute approximate surface area is 150 Å². The van der Waals surface area contributed by atoms with Gasteiger partial charge < -0.3 is 9.88 Å². The molecule has 7 nitrogen and oxygen atoms in total. The average Bonchev–Trinajstić information content (AvgIpc) is 3.22. The number of fused-ring (bicyclic) bond motifs is 2. The zero-order valence-corrected chi connectivity index (χ0v) is 13.8. The Balaban J connectivity index is 1.56. The summed E-state index contributed by atoms with van der Waals surface area (Å²) in [6, 6.07) is 11.5. The number of hydrogen-bond donors (Lipinski definition) is 1. The van der Waals surface area contributed by atoms with Crippen molar-refractivity contribution in [2.75, 3.05) is 0 Å². The van der Waals surface area contributed by atoms with Crippen LogP contribution in [0, 0.1) is 0 Å². The van der Waals surface area contributed by atoms with Gasteiger partial charge in [0.2, 0.25) is 11.7 Å². The van der Waals surface area contributed by atoms with Crippen LogP contribution in [0.15, 0.2) is 48.7 Å². The number of rotatable bonds is 4. The summed E-state index contributed by atoms with van der Waals surface area (Å²) in [5, 5.41) is 10.5. The molecule has 10 heteroatoms. The van der Waals surface area contributed by atoms with Crippen LogP contribution >= 0.6 is 0 Å². The molecule has 0 radical (unpaired) electrons. The van der Waals surface area contributed by atoms with E-state index in [4.69, 9.17) is 0 Å². The normalized spacial score (nSPS) is 12.0. The summed E-state index contributed by atoms with van der Waals surface area (Å²) in [5.74, 6) is -1.21. The third-order valence-electron chi connectivity index (χ3n) is 4.04. The van der Waals surface area contributed by atoms with Crippen LogP contribution in [0.1, 0.15) is 11.6 Å². The van der Waals surface area contributed by atoms with E-state index in [0.29, 0.717) is 11.5 Å². The molecule has 4 rings (SSSR count). The van der Waals surface area contributed by atoms with E-state index in [0.717, 1.165) is 4.57 Å². The Morgan fingerprint density at radius 2 is 1.85 bits per heavy atom. The summed E-state index contributed by atoms with van der Waals surface area (Å²) in [6.07, 6.45) is -2.93. The second-order valence-electron chi connectivity index (χ2n) is 5.83. The molecule has 4 aromatic rings. The van der Waals surface area contributed by atoms with Crippen molar-refractivity contribution in [2.45, 2.75) is 19.3 Å². The highest BCUT2D eigenvalue weighted by Crippen LogP contribution is 2.31. The summed E-state index contributed by atoms with van der Waals surface area (Å²) in [6.45, 7) is -0.468. The topological polar surface area (TPSA) is 77.1 Å². The van der Waals surface area contributed by atoms with Crippen LogP contribution in [-0.4, -0.2) is 30.1 Å². The van der Waals surface area contributed by atoms with E-state index in [1.54, 1.807) is 40.9 Å². The fourth-order valence-corrected chi connectivity index (χ4v) is 2.84. The van der Waals surface area contributed by atoms with E-state index in [2.05, 4.69) is 20.5 Å². The second-order valence-corrected chi connectivity index (χ2v) is 5.83. The first kappa shape index (κ1) is 17.0. The van der Waals surface area contributed by atoms with Gasteiger partial charge in [-0.05, 0) is 24.3 Å². The third-order valence-corrected chi connectivity index (χ3v) is 4.04. The van der Waals surface area contributed by atoms with Crippen LogP contribution < -0.4 is 5.32 Å². The Hall–Kier alpha value is -3.43. The lowest BCUT2D eigenvalue weighted by atomic mass is 10.3. The van der Waals surface area contributed by atoms with Crippen molar-refractivity contribution in [1.29, 1.82) is 0 Å². The van der Waals surface area contributed by atoms with Crippen LogP contribution in [0.4, 0.5) is 13.2 Å². The molecule has 0 saturated carbocycles. The summed E-state index contributed by atoms with van der Waals surface area (Å²) < 4.78 is 42.4. The summed E-state index contributed by atoms with van der Waals surface area (Å²) >= 11 is 0. The standard InChI is InChI=1S/C17H13F3N6O/c18-17(19,20)16-22-11-5-1-2-6-12(11)26(16)10-15(27)21-9-14-24-23-13-7-3-4-8-25(13)14/h1-8H,9-10H2,(H,21,27). The molecule has 1 aromatic carbocycles. The van der Waals surface area contributed by atoms with Gasteiger partial charge >= 0.3 is 6.18 Å². The zero-order chi connectivity index (χ0) is 19.0. The van der Waals surface area contributed by atoms with E-state index < -0.39 is 24.5 Å². The number of para-hydroxylation sites is 2. The molecule has 3 heterocycles. The van der Waals surface area contributed by atoms with Crippen molar-refractivity contribution >= 4 is 22.6 Å². The lowest BCUT2D eigenvalue weighted by Gasteiger charge is -2.11. The Morgan fingerprint density at radius 3 is 2.67 bits per heavy atom. The number of hydrogen-bond acceptors (Lipinski definition) is 4. The number of aromatic nitrogens is 5. The van der Waals surface area contributed by atoms with Gasteiger partial charge in [-0.3, -0.25) is 9.20 Å². The third kappa shape index (κ3) is 3.21. The monoisotopic (exact) mass is 374 g/mol. The summed E-state index contributed by atoms with van der Waals surface area (Å²) in [5.41, 5.74) is 1.04. The lowest BCUT2D eigenvalue weighted by molar-refractivity contribution is -0.147. The Kier molecular flexibility index (Phi) is 4.02. The molecule has 1 N–H and O–H groups in total. The van der Waals surface area contributed by atoms with E-state index in [9.17, 15) is 18.0 Å². The fraction of sp³-hybridized carbons (Fsp3) is 0.176. The SMILES string of the molecule is O=C(Cn1c(C(F)(F)F)nc2ccccc21)NCc1nnc2ccccn12. The lowest BCUT2D eigenvalue weighted by Crippen LogP contribution is -2.29. The molecule has 0 unspecified atom stereocenters. The zero-order valence-electron chi connectivity index (χ0n) is 13.8. The maximum absolute atomic E-state index is 13.3. The number of pyridine rings is 1. The number of carbonyl (C=O) groups is 1. The van der Waals surface area contributed by atoms with Crippen molar-refractivity contribution in [3.05, 3.63) is 60.3 Å². The molecule has 0 fully saturated rings. The van der Waals surface area contributed by atoms with Gasteiger partial charge in [0.15, 0.2) is 11.5 Å². The van der Waals surface area contributed by atoms with E-state index in [1.165, 1.54) is 12.1 Å². The predicted octanol–water partition coefficient (Wildman–Crippen LogP) is 2.41. The highest BCUT2D eigenvalue weighted by molar-refractivity contribution is 5.81. The van der Waals surface area contributed by atoms with E-state index in [-0.39, 0.29) is 17.6 Å². The number of imidazole rings is 1. The maximum atomic E-state index is 13.3. The van der Waals surface area contributed by atoms with Crippen LogP contribution in [0.3, 0.4) is 0 Å². The van der Waals surface area contributed by atoms with Crippen molar-refractivity contribution in [1.82, 2.24) is 29.5 Å². The number of amides is 1. The molecule has 3 aromatic heterocycles. The number of nitrogens with zero attached hydrogens (tertiary/aromatic N) is 5. The van der Waals surface area contributed by atoms with Gasteiger partial charge in [0.25, 0.3) is 0 Å². The van der Waals surface area contributed by atoms with Crippen molar-refractivity contribution < 1.29 is 18.0 Å². The van der Waals surface area contributed by atoms with Crippen molar-refractivity contribution in [3.63, 3.8) is 0 Å². The van der Waals surface area contributed by atoms with E-state index in [1.807, 2.05) is 0 Å². The molecular formula is C17H13F3N6O. The number of carbonyl (C=O) groups excluding carboxylic acids is 1. The predicted molar refractivity (Wildman–Crippen MR) is 89.6 cm³/mol. The molecule has 0 aliphatic heterocycles. The van der Waals surface area contributed by atoms with Gasteiger partial charge in [-0.1, -0.05) is 18.2 Å². The molecule has 138 valence electrons. The first-order chi connectivity index (χ1) is 12.9. The van der Waals surface area contributed by atoms with Crippen LogP contribution in [0.25, 0.3) is 16.7 Å². The highest BCUT2D eigenvalue weighted by atomic mass is 19.4. The van der Waals surface area contributed by atoms with Gasteiger partial charge in [0, 0.05) is 6.20 Å². The van der Waals surface area contributed by atoms with Gasteiger partial charge in [-0.25, -0.2) is 4.98 Å². The minimum absolute atomic E-state index is 0.0397. The molecule has 1 amide bonds. The first-order valence-electron chi connectivity index (χ1n) is 8.01. The average molecular weight is 374 g/mol. The molecule has 27 heavy (non-hydrogen) atoms. The smallest absolute Gasteiger partial charge is 0.347 e. The van der Waals surface area contributed by atoms with Gasteiger partial charge in [0.1, 0.15) is 6.54 Å². The summed E-state index contributed by atoms with van der Waals surface area (Å²) in [7, 11) is 0. The quantitative estimate of drug-likeness (QED) is 0.595. The summed E-state index contributed by atoms with van der Waals surface area (Å²) in [4.78, 5) is 15.9. The molecular weight excluding hydrogens is 361 g/mol. The van der Waals surface area contributed by atoms with Gasteiger partial charge in [-0.15, -0.1) is 10.2 Å². The number of alkyl halides is 3. The van der Waals surface area contributed by atoms with Crippen molar-refractivity contribution in [3.8, 4) is 0 Å². The maximum Gasteiger partial charge on any atom is 0.449 e. The molecule has 0 atom stereocenters. The minimum atomic E-state index is -4.66. The van der Waals surface area contributed by atoms with Crippen LogP contribution in [-0.2, 0) is 24.1 Å². The largest absolute Gasteiger partial charge is 0.449 e. The minimum Gasteiger partial charge on any atom is -0.347 e. The molecule has 0 aliphatic carbocycles. The first-order valence-corrected chi connectivity index (χ1v) is 8.01. The highest BCUT2D eigenvalue weighted by Gasteiger charge is 2.37. The molecule has 0 saturated heterocycles. The van der Waals surface area contributed by atoms with Gasteiger partial charge in [0.05, 0.1) is 17.6 Å². The van der Waals surface area contributed by atoms with Crippen molar-refractivity contribution in [2.24, 2.45) is 0 Å². The van der Waals surface area contributed by atoms with Gasteiger partial charge in [-0.2, -0.15) is 13.2 Å². The van der Waals surface area contributed by atoms with Crippen LogP contribution in [0.5, 0.6) is 0 Å². The number of benzene rings is 1. The molecule has 0 aliphatic rings. The Morgan fingerprint density at radius 1 is 1.07 bits per heavy atom. The second kappa shape index (κ2) is 6.38. The molecule has 0 spiro atoms. The Bertz CT molecular complexity index is 1130.